The number of nitrogens with one attached hydrogen (secondary N) is 1. The monoisotopic (exact) mass is 635 g/mol. The Labute approximate surface area is 268 Å². The number of benzene rings is 1. The number of rotatable bonds is 9. The number of carbonyl (C=O) groups excluding carboxylic acids is 2. The van der Waals surface area contributed by atoms with Crippen LogP contribution in [-0.2, 0) is 21.9 Å². The number of aromatic nitrogens is 3. The number of hydrogen-bond acceptors (Lipinski definition) is 10. The Hall–Kier alpha value is -3.76. The van der Waals surface area contributed by atoms with Gasteiger partial charge in [0.25, 0.3) is 0 Å². The molecule has 2 amide bonds. The predicted molar refractivity (Wildman–Crippen MR) is 174 cm³/mol. The van der Waals surface area contributed by atoms with Gasteiger partial charge in [-0.05, 0) is 50.2 Å². The number of thioether (sulfide) groups is 1. The number of nitrogens with zero attached hydrogens (tertiary/aromatic N) is 7. The van der Waals surface area contributed by atoms with Crippen LogP contribution in [0.25, 0.3) is 11.3 Å². The summed E-state index contributed by atoms with van der Waals surface area (Å²) in [4.78, 5) is 44.6. The quantitative estimate of drug-likeness (QED) is 0.263. The summed E-state index contributed by atoms with van der Waals surface area (Å²) >= 11 is 1.41. The number of amides is 2. The number of piperidine rings is 1. The predicted octanol–water partition coefficient (Wildman–Crippen LogP) is 3.80. The van der Waals surface area contributed by atoms with Crippen molar-refractivity contribution in [2.75, 3.05) is 56.9 Å². The third-order valence-corrected chi connectivity index (χ3v) is 8.52. The highest BCUT2D eigenvalue weighted by molar-refractivity contribution is 7.98. The molecule has 2 aliphatic heterocycles. The van der Waals surface area contributed by atoms with Crippen LogP contribution in [0.3, 0.4) is 0 Å². The fourth-order valence-corrected chi connectivity index (χ4v) is 6.14. The number of halogens is 1. The number of pyridine rings is 1. The van der Waals surface area contributed by atoms with Crippen molar-refractivity contribution < 1.29 is 9.59 Å². The van der Waals surface area contributed by atoms with E-state index in [1.54, 1.807) is 24.3 Å². The first kappa shape index (κ1) is 33.1. The molecular weight excluding hydrogens is 598 g/mol. The van der Waals surface area contributed by atoms with Gasteiger partial charge in [0.1, 0.15) is 17.5 Å². The van der Waals surface area contributed by atoms with Gasteiger partial charge in [-0.1, -0.05) is 36.4 Å². The van der Waals surface area contributed by atoms with Gasteiger partial charge in [-0.25, -0.2) is 9.97 Å². The lowest BCUT2D eigenvalue weighted by atomic mass is 10.1. The Kier molecular flexibility index (Phi) is 11.9. The fourth-order valence-electron chi connectivity index (χ4n) is 5.38. The number of nitrogen functional groups attached to an aromatic ring is 1. The van der Waals surface area contributed by atoms with E-state index in [0.717, 1.165) is 57.2 Å². The van der Waals surface area contributed by atoms with Crippen molar-refractivity contribution in [3.05, 3.63) is 59.4 Å². The topological polar surface area (TPSA) is 144 Å². The normalized spacial score (nSPS) is 15.7. The van der Waals surface area contributed by atoms with Crippen molar-refractivity contribution in [1.29, 1.82) is 5.26 Å². The van der Waals surface area contributed by atoms with Crippen molar-refractivity contribution in [2.24, 2.45) is 0 Å². The average molecular weight is 636 g/mol. The molecule has 0 radical (unpaired) electrons. The molecule has 0 bridgehead atoms. The van der Waals surface area contributed by atoms with Crippen LogP contribution >= 0.6 is 24.2 Å². The molecule has 0 unspecified atom stereocenters. The Morgan fingerprint density at radius 3 is 2.32 bits per heavy atom. The summed E-state index contributed by atoms with van der Waals surface area (Å²) in [5.74, 6) is 0.746. The summed E-state index contributed by atoms with van der Waals surface area (Å²) in [5, 5.41) is 12.9. The molecule has 0 saturated carbocycles. The second-order valence-corrected chi connectivity index (χ2v) is 11.8. The van der Waals surface area contributed by atoms with Gasteiger partial charge in [-0.3, -0.25) is 24.4 Å². The van der Waals surface area contributed by atoms with Crippen LogP contribution < -0.4 is 11.1 Å². The van der Waals surface area contributed by atoms with Crippen molar-refractivity contribution in [1.82, 2.24) is 29.7 Å². The summed E-state index contributed by atoms with van der Waals surface area (Å²) in [6.07, 6.45) is 3.66. The Morgan fingerprint density at radius 1 is 0.932 bits per heavy atom. The van der Waals surface area contributed by atoms with E-state index < -0.39 is 0 Å². The zero-order valence-corrected chi connectivity index (χ0v) is 26.5. The summed E-state index contributed by atoms with van der Waals surface area (Å²) in [5.41, 5.74) is 10.0. The lowest BCUT2D eigenvalue weighted by Crippen LogP contribution is -2.51. The summed E-state index contributed by atoms with van der Waals surface area (Å²) in [6, 6.07) is 15.2. The molecule has 3 N–H and O–H groups in total. The number of carbonyl (C=O) groups is 2. The molecule has 0 aliphatic carbocycles. The Balaban J connectivity index is 0.00000442. The van der Waals surface area contributed by atoms with E-state index in [9.17, 15) is 14.9 Å². The summed E-state index contributed by atoms with van der Waals surface area (Å²) < 4.78 is 0. The highest BCUT2D eigenvalue weighted by Gasteiger charge is 2.24. The van der Waals surface area contributed by atoms with Gasteiger partial charge in [-0.15, -0.1) is 12.4 Å². The van der Waals surface area contributed by atoms with Gasteiger partial charge in [0.05, 0.1) is 23.6 Å². The van der Waals surface area contributed by atoms with Gasteiger partial charge in [0.15, 0.2) is 5.16 Å². The largest absolute Gasteiger partial charge is 0.382 e. The van der Waals surface area contributed by atoms with Gasteiger partial charge >= 0.3 is 0 Å². The smallest absolute Gasteiger partial charge is 0.236 e. The molecule has 5 rings (SSSR count). The van der Waals surface area contributed by atoms with Gasteiger partial charge in [-0.2, -0.15) is 5.26 Å². The molecule has 2 aliphatic rings. The van der Waals surface area contributed by atoms with Crippen LogP contribution in [0.15, 0.2) is 47.6 Å². The van der Waals surface area contributed by atoms with Crippen LogP contribution in [-0.4, -0.2) is 87.3 Å². The van der Waals surface area contributed by atoms with E-state index in [-0.39, 0.29) is 35.6 Å². The van der Waals surface area contributed by atoms with Crippen LogP contribution in [0.5, 0.6) is 0 Å². The highest BCUT2D eigenvalue weighted by atomic mass is 35.5. The van der Waals surface area contributed by atoms with E-state index in [4.69, 9.17) is 10.7 Å². The van der Waals surface area contributed by atoms with E-state index in [1.807, 2.05) is 23.1 Å². The van der Waals surface area contributed by atoms with Gasteiger partial charge < -0.3 is 16.0 Å². The standard InChI is InChI=1S/C31H37N9O2S.ClH/c1-22(41)34-24-10-8-23(9-11-24)29-27(18-32)30(33)37-31(36-29)43-21-26-7-5-6-25(35-26)19-39-14-16-40(17-15-39)28(42)20-38-12-3-2-4-13-38;/h5-11H,2-4,12-17,19-21H2,1H3,(H,34,41)(H2,33,36,37);1H. The minimum absolute atomic E-state index is 0. The van der Waals surface area contributed by atoms with Crippen molar-refractivity contribution >= 4 is 47.5 Å². The molecule has 1 aromatic carbocycles. The zero-order chi connectivity index (χ0) is 30.2. The van der Waals surface area contributed by atoms with Crippen molar-refractivity contribution in [3.8, 4) is 17.3 Å². The van der Waals surface area contributed by atoms with E-state index in [0.29, 0.717) is 34.4 Å². The zero-order valence-electron chi connectivity index (χ0n) is 24.9. The molecule has 4 heterocycles. The lowest BCUT2D eigenvalue weighted by molar-refractivity contribution is -0.134. The van der Waals surface area contributed by atoms with Gasteiger partial charge in [0, 0.05) is 56.7 Å². The second-order valence-electron chi connectivity index (χ2n) is 10.9. The third kappa shape index (κ3) is 8.89. The van der Waals surface area contributed by atoms with Crippen LogP contribution in [0.4, 0.5) is 11.5 Å². The number of piperazine rings is 1. The van der Waals surface area contributed by atoms with Crippen LogP contribution in [0, 0.1) is 11.3 Å². The number of hydrogen-bond donors (Lipinski definition) is 2. The minimum atomic E-state index is -0.161. The van der Waals surface area contributed by atoms with E-state index in [2.05, 4.69) is 31.2 Å². The summed E-state index contributed by atoms with van der Waals surface area (Å²) in [6.45, 7) is 7.95. The molecule has 2 saturated heterocycles. The first-order chi connectivity index (χ1) is 20.9. The van der Waals surface area contributed by atoms with E-state index in [1.165, 1.54) is 37.9 Å². The highest BCUT2D eigenvalue weighted by Crippen LogP contribution is 2.29. The molecule has 2 fully saturated rings. The first-order valence-corrected chi connectivity index (χ1v) is 15.6. The van der Waals surface area contributed by atoms with Crippen molar-refractivity contribution in [3.63, 3.8) is 0 Å². The number of nitrogens with two attached hydrogens (primary N) is 1. The molecule has 232 valence electrons. The number of likely N-dealkylation sites (tertiary alicyclic amines) is 1. The fraction of sp³-hybridized carbons (Fsp3) is 0.419. The van der Waals surface area contributed by atoms with Crippen LogP contribution in [0.2, 0.25) is 0 Å². The number of anilines is 2. The maximum absolute atomic E-state index is 12.8. The molecule has 0 atom stereocenters. The Bertz CT molecular complexity index is 1480. The van der Waals surface area contributed by atoms with E-state index >= 15 is 0 Å². The molecule has 44 heavy (non-hydrogen) atoms. The molecule has 0 spiro atoms. The van der Waals surface area contributed by atoms with Crippen LogP contribution in [0.1, 0.15) is 43.1 Å². The molecule has 11 nitrogen and oxygen atoms in total. The summed E-state index contributed by atoms with van der Waals surface area (Å²) in [7, 11) is 0. The molecule has 3 aromatic rings. The average Bonchev–Trinajstić information content (AvgIpc) is 3.01. The maximum Gasteiger partial charge on any atom is 0.236 e. The van der Waals surface area contributed by atoms with Crippen molar-refractivity contribution in [2.45, 2.75) is 43.6 Å². The molecule has 2 aromatic heterocycles. The third-order valence-electron chi connectivity index (χ3n) is 7.64. The maximum atomic E-state index is 12.8. The minimum Gasteiger partial charge on any atom is -0.382 e. The first-order valence-electron chi connectivity index (χ1n) is 14.6. The van der Waals surface area contributed by atoms with Gasteiger partial charge in [0.2, 0.25) is 11.8 Å². The Morgan fingerprint density at radius 2 is 1.64 bits per heavy atom. The SMILES string of the molecule is CC(=O)Nc1ccc(-c2nc(SCc3cccc(CN4CCN(C(=O)CN5CCCCC5)CC4)n3)nc(N)c2C#N)cc1.Cl. The molecule has 13 heteroatoms. The number of nitriles is 1. The lowest BCUT2D eigenvalue weighted by Gasteiger charge is -2.36. The molecular formula is C31H38ClN9O2S. The second kappa shape index (κ2) is 15.8.